The topological polar surface area (TPSA) is 26.3 Å². The first-order valence-electron chi connectivity index (χ1n) is 6.13. The second-order valence-corrected chi connectivity index (χ2v) is 4.74. The molecule has 3 heteroatoms. The van der Waals surface area contributed by atoms with Gasteiger partial charge in [0.05, 0.1) is 11.6 Å². The molecule has 98 valence electrons. The molecular formula is C16H15ClO2. The van der Waals surface area contributed by atoms with Gasteiger partial charge in [0.15, 0.2) is 0 Å². The number of hydrogen-bond donors (Lipinski definition) is 0. The van der Waals surface area contributed by atoms with E-state index in [9.17, 15) is 4.79 Å². The average Bonchev–Trinajstić information content (AvgIpc) is 2.42. The fourth-order valence-corrected chi connectivity index (χ4v) is 2.11. The summed E-state index contributed by atoms with van der Waals surface area (Å²) in [6.45, 7) is 2.65. The molecule has 0 aliphatic carbocycles. The number of carbonyl (C=O) groups excluding carboxylic acids is 1. The minimum absolute atomic E-state index is 0.467. The van der Waals surface area contributed by atoms with E-state index in [1.54, 1.807) is 18.2 Å². The molecule has 2 rings (SSSR count). The first-order chi connectivity index (χ1) is 9.20. The lowest BCUT2D eigenvalue weighted by Gasteiger charge is -2.09. The fraction of sp³-hybridized carbons (Fsp3) is 0.188. The summed E-state index contributed by atoms with van der Waals surface area (Å²) in [4.78, 5) is 10.6. The van der Waals surface area contributed by atoms with Gasteiger partial charge in [-0.1, -0.05) is 35.9 Å². The number of halogens is 1. The Kier molecular flexibility index (Phi) is 4.58. The lowest BCUT2D eigenvalue weighted by atomic mass is 10.1. The average molecular weight is 275 g/mol. The maximum Gasteiger partial charge on any atom is 0.150 e. The van der Waals surface area contributed by atoms with Crippen molar-refractivity contribution in [1.82, 2.24) is 0 Å². The van der Waals surface area contributed by atoms with Gasteiger partial charge in [-0.15, -0.1) is 0 Å². The lowest BCUT2D eigenvalue weighted by molar-refractivity contribution is 0.112. The molecule has 0 aliphatic rings. The van der Waals surface area contributed by atoms with Crippen LogP contribution in [0.15, 0.2) is 42.5 Å². The second-order valence-electron chi connectivity index (χ2n) is 4.33. The molecule has 0 atom stereocenters. The second kappa shape index (κ2) is 6.39. The Morgan fingerprint density at radius 3 is 2.68 bits per heavy atom. The number of carbonyl (C=O) groups is 1. The zero-order valence-corrected chi connectivity index (χ0v) is 11.5. The van der Waals surface area contributed by atoms with Crippen molar-refractivity contribution in [3.05, 3.63) is 64.2 Å². The van der Waals surface area contributed by atoms with Crippen LogP contribution in [0.25, 0.3) is 0 Å². The molecule has 0 saturated carbocycles. The van der Waals surface area contributed by atoms with Gasteiger partial charge < -0.3 is 4.74 Å². The van der Waals surface area contributed by atoms with Gasteiger partial charge in [-0.25, -0.2) is 0 Å². The summed E-state index contributed by atoms with van der Waals surface area (Å²) in [5.41, 5.74) is 3.08. The van der Waals surface area contributed by atoms with Crippen molar-refractivity contribution in [2.24, 2.45) is 0 Å². The van der Waals surface area contributed by atoms with Crippen molar-refractivity contribution in [2.45, 2.75) is 13.3 Å². The molecule has 0 fully saturated rings. The third-order valence-electron chi connectivity index (χ3n) is 2.98. The third kappa shape index (κ3) is 3.58. The molecule has 2 aromatic rings. The zero-order chi connectivity index (χ0) is 13.7. The normalized spacial score (nSPS) is 10.2. The molecule has 0 bridgehead atoms. The van der Waals surface area contributed by atoms with Crippen molar-refractivity contribution < 1.29 is 9.53 Å². The first-order valence-corrected chi connectivity index (χ1v) is 6.50. The van der Waals surface area contributed by atoms with Crippen LogP contribution in [0.4, 0.5) is 0 Å². The van der Waals surface area contributed by atoms with Crippen LogP contribution in [0.2, 0.25) is 5.02 Å². The molecule has 0 unspecified atom stereocenters. The smallest absolute Gasteiger partial charge is 0.150 e. The molecule has 2 nitrogen and oxygen atoms in total. The molecule has 0 saturated heterocycles. The maximum atomic E-state index is 10.6. The molecule has 0 N–H and O–H groups in total. The van der Waals surface area contributed by atoms with E-state index in [-0.39, 0.29) is 0 Å². The predicted molar refractivity (Wildman–Crippen MR) is 77.2 cm³/mol. The fourth-order valence-electron chi connectivity index (χ4n) is 1.87. The number of hydrogen-bond acceptors (Lipinski definition) is 2. The van der Waals surface area contributed by atoms with Gasteiger partial charge in [0.2, 0.25) is 0 Å². The Morgan fingerprint density at radius 1 is 1.21 bits per heavy atom. The standard InChI is InChI=1S/C16H15ClO2/c1-12-4-2-3-5-14(12)8-9-19-16-7-6-13(11-18)10-15(16)17/h2-7,10-11H,8-9H2,1H3. The van der Waals surface area contributed by atoms with Crippen molar-refractivity contribution >= 4 is 17.9 Å². The number of ether oxygens (including phenoxy) is 1. The molecule has 0 spiro atoms. The minimum Gasteiger partial charge on any atom is -0.492 e. The molecule has 0 heterocycles. The van der Waals surface area contributed by atoms with E-state index in [0.717, 1.165) is 12.7 Å². The summed E-state index contributed by atoms with van der Waals surface area (Å²) < 4.78 is 5.65. The van der Waals surface area contributed by atoms with Crippen LogP contribution in [0.1, 0.15) is 21.5 Å². The summed E-state index contributed by atoms with van der Waals surface area (Å²) in [6, 6.07) is 13.3. The summed E-state index contributed by atoms with van der Waals surface area (Å²) >= 11 is 6.04. The van der Waals surface area contributed by atoms with E-state index in [1.807, 2.05) is 12.1 Å². The summed E-state index contributed by atoms with van der Waals surface area (Å²) in [7, 11) is 0. The quantitative estimate of drug-likeness (QED) is 0.768. The minimum atomic E-state index is 0.467. The lowest BCUT2D eigenvalue weighted by Crippen LogP contribution is -2.03. The SMILES string of the molecule is Cc1ccccc1CCOc1ccc(C=O)cc1Cl. The van der Waals surface area contributed by atoms with Gasteiger partial charge >= 0.3 is 0 Å². The van der Waals surface area contributed by atoms with E-state index in [0.29, 0.717) is 22.9 Å². The van der Waals surface area contributed by atoms with Crippen LogP contribution in [0.3, 0.4) is 0 Å². The summed E-state index contributed by atoms with van der Waals surface area (Å²) in [5, 5.41) is 0.467. The third-order valence-corrected chi connectivity index (χ3v) is 3.28. The van der Waals surface area contributed by atoms with E-state index in [2.05, 4.69) is 19.1 Å². The van der Waals surface area contributed by atoms with Gasteiger partial charge in [0.1, 0.15) is 12.0 Å². The van der Waals surface area contributed by atoms with Crippen LogP contribution in [0, 0.1) is 6.92 Å². The Hall–Kier alpha value is -1.80. The number of benzene rings is 2. The van der Waals surface area contributed by atoms with Crippen LogP contribution in [0.5, 0.6) is 5.75 Å². The number of rotatable bonds is 5. The molecule has 0 radical (unpaired) electrons. The maximum absolute atomic E-state index is 10.6. The molecule has 19 heavy (non-hydrogen) atoms. The van der Waals surface area contributed by atoms with Gasteiger partial charge in [0.25, 0.3) is 0 Å². The zero-order valence-electron chi connectivity index (χ0n) is 10.7. The van der Waals surface area contributed by atoms with Gasteiger partial charge in [0, 0.05) is 12.0 Å². The van der Waals surface area contributed by atoms with Crippen molar-refractivity contribution in [1.29, 1.82) is 0 Å². The van der Waals surface area contributed by atoms with Crippen molar-refractivity contribution in [3.63, 3.8) is 0 Å². The molecule has 0 aliphatic heterocycles. The summed E-state index contributed by atoms with van der Waals surface area (Å²) in [5.74, 6) is 0.612. The number of aryl methyl sites for hydroxylation is 1. The van der Waals surface area contributed by atoms with Gasteiger partial charge in [-0.05, 0) is 36.2 Å². The highest BCUT2D eigenvalue weighted by Gasteiger charge is 2.03. The van der Waals surface area contributed by atoms with E-state index in [4.69, 9.17) is 16.3 Å². The highest BCUT2D eigenvalue weighted by atomic mass is 35.5. The van der Waals surface area contributed by atoms with Crippen LogP contribution >= 0.6 is 11.6 Å². The molecule has 0 aromatic heterocycles. The van der Waals surface area contributed by atoms with Crippen LogP contribution < -0.4 is 4.74 Å². The van der Waals surface area contributed by atoms with Gasteiger partial charge in [-0.2, -0.15) is 0 Å². The number of aldehydes is 1. The van der Waals surface area contributed by atoms with Gasteiger partial charge in [-0.3, -0.25) is 4.79 Å². The van der Waals surface area contributed by atoms with Crippen LogP contribution in [-0.4, -0.2) is 12.9 Å². The Balaban J connectivity index is 1.96. The van der Waals surface area contributed by atoms with Crippen molar-refractivity contribution in [3.8, 4) is 5.75 Å². The molecular weight excluding hydrogens is 260 g/mol. The molecule has 2 aromatic carbocycles. The monoisotopic (exact) mass is 274 g/mol. The largest absolute Gasteiger partial charge is 0.492 e. The highest BCUT2D eigenvalue weighted by molar-refractivity contribution is 6.32. The highest BCUT2D eigenvalue weighted by Crippen LogP contribution is 2.25. The van der Waals surface area contributed by atoms with E-state index < -0.39 is 0 Å². The predicted octanol–water partition coefficient (Wildman–Crippen LogP) is 4.08. The van der Waals surface area contributed by atoms with E-state index in [1.165, 1.54) is 11.1 Å². The Bertz CT molecular complexity index is 579. The molecule has 0 amide bonds. The summed E-state index contributed by atoms with van der Waals surface area (Å²) in [6.07, 6.45) is 1.60. The van der Waals surface area contributed by atoms with E-state index >= 15 is 0 Å². The van der Waals surface area contributed by atoms with Crippen molar-refractivity contribution in [2.75, 3.05) is 6.61 Å². The van der Waals surface area contributed by atoms with Crippen LogP contribution in [-0.2, 0) is 6.42 Å². The Morgan fingerprint density at radius 2 is 2.00 bits per heavy atom. The Labute approximate surface area is 118 Å². The first kappa shape index (κ1) is 13.6.